The first kappa shape index (κ1) is 33.8. The number of methoxy groups -OCH3 is 1. The molecule has 4 rings (SSSR count). The molecule has 0 radical (unpaired) electrons. The Bertz CT molecular complexity index is 1700. The molecule has 1 atom stereocenters. The second kappa shape index (κ2) is 15.3. The van der Waals surface area contributed by atoms with Gasteiger partial charge in [0.25, 0.3) is 10.0 Å². The number of anilines is 1. The van der Waals surface area contributed by atoms with E-state index in [1.807, 2.05) is 50.2 Å². The highest BCUT2D eigenvalue weighted by molar-refractivity contribution is 7.92. The van der Waals surface area contributed by atoms with E-state index in [9.17, 15) is 18.0 Å². The lowest BCUT2D eigenvalue weighted by atomic mass is 10.0. The number of carbonyl (C=O) groups excluding carboxylic acids is 2. The van der Waals surface area contributed by atoms with Crippen molar-refractivity contribution in [2.24, 2.45) is 0 Å². The molecule has 0 aliphatic carbocycles. The van der Waals surface area contributed by atoms with Crippen LogP contribution in [0.1, 0.15) is 25.0 Å². The van der Waals surface area contributed by atoms with Crippen LogP contribution in [0.15, 0.2) is 108 Å². The molecule has 4 aromatic carbocycles. The molecular formula is C34H35Cl2N3O5S. The Hall–Kier alpha value is -4.05. The van der Waals surface area contributed by atoms with Gasteiger partial charge >= 0.3 is 0 Å². The van der Waals surface area contributed by atoms with E-state index >= 15 is 0 Å². The molecule has 0 aliphatic rings. The minimum Gasteiger partial charge on any atom is -0.497 e. The molecule has 2 amide bonds. The van der Waals surface area contributed by atoms with E-state index in [4.69, 9.17) is 27.9 Å². The Kier molecular flexibility index (Phi) is 11.5. The Balaban J connectivity index is 1.83. The van der Waals surface area contributed by atoms with Crippen molar-refractivity contribution in [3.63, 3.8) is 0 Å². The van der Waals surface area contributed by atoms with Crippen molar-refractivity contribution in [3.05, 3.63) is 124 Å². The van der Waals surface area contributed by atoms with Crippen LogP contribution < -0.4 is 14.4 Å². The number of ether oxygens (including phenoxy) is 1. The number of amides is 2. The minimum atomic E-state index is -4.28. The number of hydrogen-bond donors (Lipinski definition) is 1. The zero-order valence-corrected chi connectivity index (χ0v) is 27.5. The average Bonchev–Trinajstić information content (AvgIpc) is 3.01. The third-order valence-corrected chi connectivity index (χ3v) is 9.16. The maximum absolute atomic E-state index is 14.5. The number of sulfonamides is 1. The van der Waals surface area contributed by atoms with E-state index in [0.29, 0.717) is 11.3 Å². The first-order valence-electron chi connectivity index (χ1n) is 14.3. The van der Waals surface area contributed by atoms with Gasteiger partial charge < -0.3 is 15.0 Å². The normalized spacial score (nSPS) is 12.0. The van der Waals surface area contributed by atoms with E-state index in [2.05, 4.69) is 5.32 Å². The van der Waals surface area contributed by atoms with Crippen LogP contribution >= 0.6 is 23.2 Å². The highest BCUT2D eigenvalue weighted by Gasteiger charge is 2.35. The van der Waals surface area contributed by atoms with Crippen molar-refractivity contribution in [1.29, 1.82) is 0 Å². The van der Waals surface area contributed by atoms with Crippen LogP contribution in [0.3, 0.4) is 0 Å². The highest BCUT2D eigenvalue weighted by atomic mass is 35.5. The standard InChI is InChI=1S/C34H35Cl2N3O5S/c1-24(2)37-34(41)32(18-25-11-6-4-7-12-25)38(22-26-13-10-14-30(17-26)44-3)33(40)23-39(29-20-27(35)19-28(36)21-29)45(42,43)31-15-8-5-9-16-31/h4-17,19-21,24,32H,18,22-23H2,1-3H3,(H,37,41)/t32-/m0/s1. The van der Waals surface area contributed by atoms with Crippen LogP contribution in [-0.2, 0) is 32.6 Å². The van der Waals surface area contributed by atoms with E-state index in [-0.39, 0.29) is 45.5 Å². The number of hydrogen-bond acceptors (Lipinski definition) is 5. The Labute approximate surface area is 274 Å². The second-order valence-corrected chi connectivity index (χ2v) is 13.4. The van der Waals surface area contributed by atoms with Gasteiger partial charge in [-0.15, -0.1) is 0 Å². The minimum absolute atomic E-state index is 0.00851. The summed E-state index contributed by atoms with van der Waals surface area (Å²) in [5, 5.41) is 3.34. The van der Waals surface area contributed by atoms with Gasteiger partial charge in [-0.25, -0.2) is 8.42 Å². The number of benzene rings is 4. The zero-order valence-electron chi connectivity index (χ0n) is 25.2. The van der Waals surface area contributed by atoms with Crippen LogP contribution in [0, 0.1) is 0 Å². The van der Waals surface area contributed by atoms with Gasteiger partial charge in [-0.2, -0.15) is 0 Å². The average molecular weight is 669 g/mol. The number of rotatable bonds is 13. The molecule has 0 saturated heterocycles. The number of nitrogens with one attached hydrogen (secondary N) is 1. The van der Waals surface area contributed by atoms with Crippen LogP contribution in [0.2, 0.25) is 10.0 Å². The summed E-state index contributed by atoms with van der Waals surface area (Å²) >= 11 is 12.6. The van der Waals surface area contributed by atoms with Crippen molar-refractivity contribution in [2.45, 2.75) is 43.8 Å². The maximum Gasteiger partial charge on any atom is 0.264 e. The Morgan fingerprint density at radius 1 is 0.822 bits per heavy atom. The van der Waals surface area contributed by atoms with Gasteiger partial charge in [-0.3, -0.25) is 13.9 Å². The van der Waals surface area contributed by atoms with Gasteiger partial charge in [0, 0.05) is 29.1 Å². The van der Waals surface area contributed by atoms with E-state index in [1.54, 1.807) is 43.5 Å². The lowest BCUT2D eigenvalue weighted by Gasteiger charge is -2.34. The van der Waals surface area contributed by atoms with Gasteiger partial charge in [0.1, 0.15) is 18.3 Å². The Morgan fingerprint density at radius 3 is 2.02 bits per heavy atom. The fourth-order valence-corrected chi connectivity index (χ4v) is 6.77. The summed E-state index contributed by atoms with van der Waals surface area (Å²) in [7, 11) is -2.74. The summed E-state index contributed by atoms with van der Waals surface area (Å²) in [6.07, 6.45) is 0.198. The summed E-state index contributed by atoms with van der Waals surface area (Å²) in [5.74, 6) is -0.394. The largest absolute Gasteiger partial charge is 0.497 e. The molecule has 0 aromatic heterocycles. The molecule has 11 heteroatoms. The van der Waals surface area contributed by atoms with Crippen LogP contribution in [-0.4, -0.2) is 50.9 Å². The van der Waals surface area contributed by atoms with Crippen molar-refractivity contribution in [2.75, 3.05) is 18.0 Å². The van der Waals surface area contributed by atoms with Crippen LogP contribution in [0.4, 0.5) is 5.69 Å². The first-order chi connectivity index (χ1) is 21.5. The number of nitrogens with zero attached hydrogens (tertiary/aromatic N) is 2. The monoisotopic (exact) mass is 667 g/mol. The number of halogens is 2. The molecule has 1 N–H and O–H groups in total. The first-order valence-corrected chi connectivity index (χ1v) is 16.5. The molecule has 0 spiro atoms. The lowest BCUT2D eigenvalue weighted by Crippen LogP contribution is -2.54. The summed E-state index contributed by atoms with van der Waals surface area (Å²) in [4.78, 5) is 29.7. The molecule has 0 bridgehead atoms. The molecule has 45 heavy (non-hydrogen) atoms. The maximum atomic E-state index is 14.5. The third kappa shape index (κ3) is 9.00. The summed E-state index contributed by atoms with van der Waals surface area (Å²) < 4.78 is 34.5. The predicted octanol–water partition coefficient (Wildman–Crippen LogP) is 6.36. The van der Waals surface area contributed by atoms with Gasteiger partial charge in [-0.05, 0) is 67.4 Å². The highest BCUT2D eigenvalue weighted by Crippen LogP contribution is 2.30. The van der Waals surface area contributed by atoms with Gasteiger partial charge in [-0.1, -0.05) is 83.9 Å². The molecule has 4 aromatic rings. The van der Waals surface area contributed by atoms with Crippen molar-refractivity contribution < 1.29 is 22.7 Å². The quantitative estimate of drug-likeness (QED) is 0.179. The van der Waals surface area contributed by atoms with E-state index in [1.165, 1.54) is 35.2 Å². The molecule has 8 nitrogen and oxygen atoms in total. The molecule has 0 aliphatic heterocycles. The smallest absolute Gasteiger partial charge is 0.264 e. The van der Waals surface area contributed by atoms with E-state index < -0.39 is 28.5 Å². The van der Waals surface area contributed by atoms with E-state index in [0.717, 1.165) is 9.87 Å². The summed E-state index contributed by atoms with van der Waals surface area (Å²) in [6.45, 7) is 3.05. The van der Waals surface area contributed by atoms with Gasteiger partial charge in [0.05, 0.1) is 17.7 Å². The van der Waals surface area contributed by atoms with Gasteiger partial charge in [0.15, 0.2) is 0 Å². The predicted molar refractivity (Wildman–Crippen MR) is 178 cm³/mol. The van der Waals surface area contributed by atoms with Crippen LogP contribution in [0.5, 0.6) is 5.75 Å². The van der Waals surface area contributed by atoms with Crippen molar-refractivity contribution in [1.82, 2.24) is 10.2 Å². The second-order valence-electron chi connectivity index (χ2n) is 10.7. The summed E-state index contributed by atoms with van der Waals surface area (Å²) in [6, 6.07) is 27.4. The SMILES string of the molecule is COc1cccc(CN(C(=O)CN(c2cc(Cl)cc(Cl)c2)S(=O)(=O)c2ccccc2)[C@@H](Cc2ccccc2)C(=O)NC(C)C)c1. The van der Waals surface area contributed by atoms with Crippen molar-refractivity contribution >= 4 is 50.7 Å². The molecular weight excluding hydrogens is 633 g/mol. The molecule has 0 unspecified atom stereocenters. The third-order valence-electron chi connectivity index (χ3n) is 6.93. The molecule has 0 fully saturated rings. The molecule has 0 heterocycles. The Morgan fingerprint density at radius 2 is 1.42 bits per heavy atom. The van der Waals surface area contributed by atoms with Crippen molar-refractivity contribution in [3.8, 4) is 5.75 Å². The van der Waals surface area contributed by atoms with Crippen LogP contribution in [0.25, 0.3) is 0 Å². The summed E-state index contributed by atoms with van der Waals surface area (Å²) in [5.41, 5.74) is 1.64. The molecule has 236 valence electrons. The number of carbonyl (C=O) groups is 2. The fraction of sp³-hybridized carbons (Fsp3) is 0.235. The van der Waals surface area contributed by atoms with Gasteiger partial charge in [0.2, 0.25) is 11.8 Å². The zero-order chi connectivity index (χ0) is 32.6. The lowest BCUT2D eigenvalue weighted by molar-refractivity contribution is -0.140. The topological polar surface area (TPSA) is 96.0 Å². The molecule has 0 saturated carbocycles. The fourth-order valence-electron chi connectivity index (χ4n) is 4.83.